The van der Waals surface area contributed by atoms with E-state index in [4.69, 9.17) is 10.3 Å². The van der Waals surface area contributed by atoms with Crippen LogP contribution >= 0.6 is 0 Å². The van der Waals surface area contributed by atoms with Gasteiger partial charge in [0.05, 0.1) is 11.2 Å². The fraction of sp³-hybridized carbons (Fsp3) is 0.353. The van der Waals surface area contributed by atoms with E-state index in [1.807, 2.05) is 0 Å². The van der Waals surface area contributed by atoms with Crippen molar-refractivity contribution in [1.82, 2.24) is 19.9 Å². The van der Waals surface area contributed by atoms with Crippen LogP contribution in [0.25, 0.3) is 17.1 Å². The number of nitrogens with zero attached hydrogens (tertiary/aromatic N) is 4. The van der Waals surface area contributed by atoms with Crippen LogP contribution in [0.1, 0.15) is 37.2 Å². The second-order valence-electron chi connectivity index (χ2n) is 6.48. The molecule has 0 saturated heterocycles. The first-order chi connectivity index (χ1) is 12.4. The Bertz CT molecular complexity index is 924. The summed E-state index contributed by atoms with van der Waals surface area (Å²) < 4.78 is 44.7. The highest BCUT2D eigenvalue weighted by molar-refractivity contribution is 5.57. The van der Waals surface area contributed by atoms with Crippen LogP contribution in [0.4, 0.5) is 13.2 Å². The molecule has 0 unspecified atom stereocenters. The molecule has 1 fully saturated rings. The zero-order valence-corrected chi connectivity index (χ0v) is 13.7. The van der Waals surface area contributed by atoms with Crippen LogP contribution in [0.3, 0.4) is 0 Å². The van der Waals surface area contributed by atoms with Crippen LogP contribution in [0.15, 0.2) is 41.1 Å². The Morgan fingerprint density at radius 3 is 2.62 bits per heavy atom. The molecule has 3 aromatic rings. The van der Waals surface area contributed by atoms with E-state index in [-0.39, 0.29) is 5.89 Å². The summed E-state index contributed by atoms with van der Waals surface area (Å²) in [5, 5.41) is 7.57. The van der Waals surface area contributed by atoms with E-state index in [1.54, 1.807) is 24.3 Å². The number of nitrogens with two attached hydrogens (primary N) is 1. The van der Waals surface area contributed by atoms with Gasteiger partial charge in [-0.2, -0.15) is 23.3 Å². The maximum absolute atomic E-state index is 12.7. The van der Waals surface area contributed by atoms with Gasteiger partial charge in [-0.05, 0) is 37.1 Å². The highest BCUT2D eigenvalue weighted by Gasteiger charge is 2.36. The molecule has 0 radical (unpaired) electrons. The standard InChI is InChI=1S/C17H16F3N5O/c18-17(19,20)13-6-9-25(23-13)12-5-3-4-11(10-12)14-22-15(24-26-14)16(21)7-1-2-8-16/h3-6,9-10H,1-2,7-8,21H2. The molecule has 0 aliphatic heterocycles. The molecule has 0 spiro atoms. The van der Waals surface area contributed by atoms with Crippen molar-refractivity contribution < 1.29 is 17.7 Å². The quantitative estimate of drug-likeness (QED) is 0.768. The van der Waals surface area contributed by atoms with Crippen molar-refractivity contribution in [3.8, 4) is 17.1 Å². The monoisotopic (exact) mass is 363 g/mol. The lowest BCUT2D eigenvalue weighted by molar-refractivity contribution is -0.141. The fourth-order valence-corrected chi connectivity index (χ4v) is 3.17. The van der Waals surface area contributed by atoms with Crippen molar-refractivity contribution in [2.75, 3.05) is 0 Å². The first-order valence-electron chi connectivity index (χ1n) is 8.22. The summed E-state index contributed by atoms with van der Waals surface area (Å²) in [6.45, 7) is 0. The van der Waals surface area contributed by atoms with Gasteiger partial charge in [-0.1, -0.05) is 24.1 Å². The molecule has 0 bridgehead atoms. The summed E-state index contributed by atoms with van der Waals surface area (Å²) >= 11 is 0. The highest BCUT2D eigenvalue weighted by Crippen LogP contribution is 2.35. The molecule has 2 aromatic heterocycles. The molecule has 2 heterocycles. The highest BCUT2D eigenvalue weighted by atomic mass is 19.4. The molecule has 2 N–H and O–H groups in total. The van der Waals surface area contributed by atoms with Gasteiger partial charge in [0.25, 0.3) is 5.89 Å². The SMILES string of the molecule is NC1(c2noc(-c3cccc(-n4ccc(C(F)(F)F)n4)c3)n2)CCCC1. The molecule has 136 valence electrons. The van der Waals surface area contributed by atoms with Gasteiger partial charge >= 0.3 is 6.18 Å². The lowest BCUT2D eigenvalue weighted by Gasteiger charge is -2.17. The molecule has 6 nitrogen and oxygen atoms in total. The summed E-state index contributed by atoms with van der Waals surface area (Å²) in [4.78, 5) is 4.40. The first kappa shape index (κ1) is 16.8. The predicted octanol–water partition coefficient (Wildman–Crippen LogP) is 3.67. The Kier molecular flexibility index (Phi) is 3.83. The topological polar surface area (TPSA) is 82.8 Å². The molecule has 1 aliphatic rings. The molecule has 1 aromatic carbocycles. The van der Waals surface area contributed by atoms with Crippen LogP contribution < -0.4 is 5.73 Å². The molecule has 4 rings (SSSR count). The number of hydrogen-bond acceptors (Lipinski definition) is 5. The minimum Gasteiger partial charge on any atom is -0.334 e. The number of hydrogen-bond donors (Lipinski definition) is 1. The Labute approximate surface area is 146 Å². The van der Waals surface area contributed by atoms with Gasteiger partial charge in [0.15, 0.2) is 11.5 Å². The Hall–Kier alpha value is -2.68. The van der Waals surface area contributed by atoms with Crippen molar-refractivity contribution in [1.29, 1.82) is 0 Å². The van der Waals surface area contributed by atoms with Crippen LogP contribution in [0.2, 0.25) is 0 Å². The van der Waals surface area contributed by atoms with Crippen molar-refractivity contribution >= 4 is 0 Å². The molecule has 0 amide bonds. The van der Waals surface area contributed by atoms with Gasteiger partial charge in [-0.25, -0.2) is 4.68 Å². The molecule has 26 heavy (non-hydrogen) atoms. The van der Waals surface area contributed by atoms with Crippen LogP contribution in [-0.4, -0.2) is 19.9 Å². The van der Waals surface area contributed by atoms with Gasteiger partial charge in [0.1, 0.15) is 0 Å². The average Bonchev–Trinajstić information content (AvgIpc) is 3.35. The van der Waals surface area contributed by atoms with Crippen LogP contribution in [0.5, 0.6) is 0 Å². The molecule has 0 atom stereocenters. The average molecular weight is 363 g/mol. The smallest absolute Gasteiger partial charge is 0.334 e. The van der Waals surface area contributed by atoms with Gasteiger partial charge in [0, 0.05) is 11.8 Å². The minimum absolute atomic E-state index is 0.279. The Balaban J connectivity index is 1.64. The fourth-order valence-electron chi connectivity index (χ4n) is 3.17. The summed E-state index contributed by atoms with van der Waals surface area (Å²) in [7, 11) is 0. The van der Waals surface area contributed by atoms with Crippen molar-refractivity contribution in [3.05, 3.63) is 48.0 Å². The van der Waals surface area contributed by atoms with E-state index in [0.717, 1.165) is 36.4 Å². The third-order valence-electron chi connectivity index (χ3n) is 4.60. The maximum atomic E-state index is 12.7. The number of rotatable bonds is 3. The zero-order valence-electron chi connectivity index (χ0n) is 13.7. The third-order valence-corrected chi connectivity index (χ3v) is 4.60. The Morgan fingerprint density at radius 2 is 1.92 bits per heavy atom. The second-order valence-corrected chi connectivity index (χ2v) is 6.48. The molecular weight excluding hydrogens is 347 g/mol. The number of aromatic nitrogens is 4. The van der Waals surface area contributed by atoms with Gasteiger partial charge in [-0.15, -0.1) is 0 Å². The second kappa shape index (κ2) is 5.94. The number of halogens is 3. The van der Waals surface area contributed by atoms with E-state index in [9.17, 15) is 13.2 Å². The van der Waals surface area contributed by atoms with Gasteiger partial charge in [-0.3, -0.25) is 0 Å². The minimum atomic E-state index is -4.49. The first-order valence-corrected chi connectivity index (χ1v) is 8.22. The predicted molar refractivity (Wildman–Crippen MR) is 86.2 cm³/mol. The summed E-state index contributed by atoms with van der Waals surface area (Å²) in [5.41, 5.74) is 5.86. The molecular formula is C17H16F3N5O. The largest absolute Gasteiger partial charge is 0.435 e. The number of alkyl halides is 3. The van der Waals surface area contributed by atoms with Crippen molar-refractivity contribution in [3.63, 3.8) is 0 Å². The Morgan fingerprint density at radius 1 is 1.15 bits per heavy atom. The lowest BCUT2D eigenvalue weighted by Crippen LogP contribution is -2.34. The molecule has 1 saturated carbocycles. The maximum Gasteiger partial charge on any atom is 0.435 e. The summed E-state index contributed by atoms with van der Waals surface area (Å²) in [6.07, 6.45) is 0.433. The third kappa shape index (κ3) is 2.98. The summed E-state index contributed by atoms with van der Waals surface area (Å²) in [6, 6.07) is 7.65. The van der Waals surface area contributed by atoms with Gasteiger partial charge < -0.3 is 10.3 Å². The van der Waals surface area contributed by atoms with Crippen molar-refractivity contribution in [2.45, 2.75) is 37.4 Å². The van der Waals surface area contributed by atoms with E-state index >= 15 is 0 Å². The van der Waals surface area contributed by atoms with Gasteiger partial charge in [0.2, 0.25) is 0 Å². The number of benzene rings is 1. The van der Waals surface area contributed by atoms with Crippen LogP contribution in [0, 0.1) is 0 Å². The molecule has 9 heteroatoms. The van der Waals surface area contributed by atoms with E-state index in [0.29, 0.717) is 17.1 Å². The van der Waals surface area contributed by atoms with E-state index in [1.165, 1.54) is 6.20 Å². The normalized spacial score (nSPS) is 16.9. The summed E-state index contributed by atoms with van der Waals surface area (Å²) in [5.74, 6) is 0.746. The zero-order chi connectivity index (χ0) is 18.4. The lowest BCUT2D eigenvalue weighted by atomic mass is 9.99. The van der Waals surface area contributed by atoms with E-state index in [2.05, 4.69) is 15.2 Å². The van der Waals surface area contributed by atoms with Crippen molar-refractivity contribution in [2.24, 2.45) is 5.73 Å². The van der Waals surface area contributed by atoms with E-state index < -0.39 is 17.4 Å². The molecule has 1 aliphatic carbocycles. The van der Waals surface area contributed by atoms with Crippen LogP contribution in [-0.2, 0) is 11.7 Å².